The fraction of sp³-hybridized carbons (Fsp3) is 0.263. The highest BCUT2D eigenvalue weighted by Crippen LogP contribution is 2.30. The smallest absolute Gasteiger partial charge is 0.416 e. The van der Waals surface area contributed by atoms with Crippen LogP contribution in [-0.2, 0) is 26.9 Å². The van der Waals surface area contributed by atoms with Crippen molar-refractivity contribution in [1.29, 1.82) is 0 Å². The summed E-state index contributed by atoms with van der Waals surface area (Å²) in [6.07, 6.45) is -6.29. The first-order chi connectivity index (χ1) is 13.5. The first kappa shape index (κ1) is 23.2. The lowest BCUT2D eigenvalue weighted by Gasteiger charge is -2.20. The van der Waals surface area contributed by atoms with Gasteiger partial charge in [-0.1, -0.05) is 39.7 Å². The van der Waals surface area contributed by atoms with E-state index < -0.39 is 35.8 Å². The lowest BCUT2D eigenvalue weighted by Crippen LogP contribution is -2.45. The molecule has 156 valence electrons. The van der Waals surface area contributed by atoms with E-state index in [2.05, 4.69) is 26.0 Å². The summed E-state index contributed by atoms with van der Waals surface area (Å²) in [4.78, 5) is 24.4. The second-order valence-electron chi connectivity index (χ2n) is 6.05. The lowest BCUT2D eigenvalue weighted by atomic mass is 10.0. The number of aliphatic hydroxyl groups excluding tert-OH is 1. The zero-order chi connectivity index (χ0) is 21.8. The average Bonchev–Trinajstić information content (AvgIpc) is 2.68. The Morgan fingerprint density at radius 3 is 2.38 bits per heavy atom. The van der Waals surface area contributed by atoms with Crippen molar-refractivity contribution in [2.45, 2.75) is 24.7 Å². The number of alkyl halides is 3. The number of rotatable bonds is 6. The molecule has 0 aromatic heterocycles. The number of hydrogen-bond acceptors (Lipinski definition) is 4. The normalized spacial score (nSPS) is 13.5. The molecule has 2 N–H and O–H groups in total. The van der Waals surface area contributed by atoms with Crippen LogP contribution < -0.4 is 5.32 Å². The first-order valence-electron chi connectivity index (χ1n) is 8.20. The Morgan fingerprint density at radius 2 is 1.83 bits per heavy atom. The number of carbonyl (C=O) groups is 2. The molecule has 0 unspecified atom stereocenters. The zero-order valence-corrected chi connectivity index (χ0v) is 17.3. The van der Waals surface area contributed by atoms with Gasteiger partial charge in [-0.15, -0.1) is 0 Å². The molecule has 0 bridgehead atoms. The first-order valence-corrected chi connectivity index (χ1v) is 9.37. The molecule has 10 heteroatoms. The van der Waals surface area contributed by atoms with Gasteiger partial charge in [0.05, 0.1) is 12.7 Å². The second kappa shape index (κ2) is 9.60. The van der Waals surface area contributed by atoms with Gasteiger partial charge in [0.2, 0.25) is 0 Å². The van der Waals surface area contributed by atoms with Crippen LogP contribution in [-0.4, -0.2) is 30.1 Å². The Balaban J connectivity index is 2.16. The summed E-state index contributed by atoms with van der Waals surface area (Å²) in [5.41, 5.74) is -0.354. The summed E-state index contributed by atoms with van der Waals surface area (Å²) in [6.45, 7) is 0. The van der Waals surface area contributed by atoms with Crippen molar-refractivity contribution in [3.8, 4) is 0 Å². The van der Waals surface area contributed by atoms with Crippen LogP contribution in [0.3, 0.4) is 0 Å². The highest BCUT2D eigenvalue weighted by Gasteiger charge is 2.31. The van der Waals surface area contributed by atoms with E-state index in [0.717, 1.165) is 31.4 Å². The number of benzene rings is 2. The van der Waals surface area contributed by atoms with Gasteiger partial charge in [-0.3, -0.25) is 4.79 Å². The quantitative estimate of drug-likeness (QED) is 0.594. The third-order valence-corrected chi connectivity index (χ3v) is 5.04. The van der Waals surface area contributed by atoms with Gasteiger partial charge in [-0.25, -0.2) is 4.79 Å². The molecule has 0 aliphatic rings. The van der Waals surface area contributed by atoms with Crippen molar-refractivity contribution in [1.82, 2.24) is 5.32 Å². The zero-order valence-electron chi connectivity index (χ0n) is 15.0. The molecule has 0 heterocycles. The van der Waals surface area contributed by atoms with E-state index in [-0.39, 0.29) is 12.0 Å². The summed E-state index contributed by atoms with van der Waals surface area (Å²) < 4.78 is 43.3. The molecule has 0 aliphatic carbocycles. The fourth-order valence-electron chi connectivity index (χ4n) is 2.51. The molecule has 29 heavy (non-hydrogen) atoms. The van der Waals surface area contributed by atoms with E-state index in [1.807, 2.05) is 0 Å². The summed E-state index contributed by atoms with van der Waals surface area (Å²) >= 11 is 9.27. The number of esters is 1. The molecule has 0 radical (unpaired) electrons. The highest BCUT2D eigenvalue weighted by atomic mass is 79.9. The SMILES string of the molecule is COC(=O)[C@@H](Cc1cc(Cl)ccc1Br)NC(=O)[C@H](O)c1ccc(C(F)(F)F)cc1. The van der Waals surface area contributed by atoms with Crippen LogP contribution >= 0.6 is 27.5 Å². The fourth-order valence-corrected chi connectivity index (χ4v) is 3.11. The topological polar surface area (TPSA) is 75.6 Å². The van der Waals surface area contributed by atoms with Crippen LogP contribution in [0.1, 0.15) is 22.8 Å². The molecule has 2 rings (SSSR count). The molecular formula is C19H16BrClF3NO4. The van der Waals surface area contributed by atoms with Crippen LogP contribution in [0.15, 0.2) is 46.9 Å². The monoisotopic (exact) mass is 493 g/mol. The maximum Gasteiger partial charge on any atom is 0.416 e. The molecule has 0 fully saturated rings. The standard InChI is InChI=1S/C19H16BrClF3NO4/c1-29-18(28)15(9-11-8-13(21)6-7-14(11)20)25-17(27)16(26)10-2-4-12(5-3-10)19(22,23)24/h2-8,15-16,26H,9H2,1H3,(H,25,27)/t15-,16-/m1/s1. The molecule has 0 saturated carbocycles. The van der Waals surface area contributed by atoms with E-state index in [9.17, 15) is 27.9 Å². The second-order valence-corrected chi connectivity index (χ2v) is 7.34. The molecule has 5 nitrogen and oxygen atoms in total. The van der Waals surface area contributed by atoms with Gasteiger partial charge < -0.3 is 15.2 Å². The molecule has 2 aromatic carbocycles. The Kier molecular flexibility index (Phi) is 7.67. The largest absolute Gasteiger partial charge is 0.467 e. The van der Waals surface area contributed by atoms with Crippen molar-refractivity contribution in [2.75, 3.05) is 7.11 Å². The lowest BCUT2D eigenvalue weighted by molar-refractivity contribution is -0.146. The number of aliphatic hydroxyl groups is 1. The van der Waals surface area contributed by atoms with Crippen molar-refractivity contribution in [3.05, 3.63) is 68.7 Å². The Hall–Kier alpha value is -2.10. The predicted molar refractivity (Wildman–Crippen MR) is 103 cm³/mol. The van der Waals surface area contributed by atoms with Gasteiger partial charge in [0.1, 0.15) is 6.04 Å². The van der Waals surface area contributed by atoms with Gasteiger partial charge in [-0.05, 0) is 41.5 Å². The molecule has 2 atom stereocenters. The van der Waals surface area contributed by atoms with Gasteiger partial charge in [0.15, 0.2) is 6.10 Å². The number of carbonyl (C=O) groups excluding carboxylic acids is 2. The maximum atomic E-state index is 12.6. The maximum absolute atomic E-state index is 12.6. The van der Waals surface area contributed by atoms with E-state index in [1.54, 1.807) is 18.2 Å². The van der Waals surface area contributed by atoms with Crippen LogP contribution in [0.2, 0.25) is 5.02 Å². The van der Waals surface area contributed by atoms with E-state index in [0.29, 0.717) is 15.1 Å². The number of methoxy groups -OCH3 is 1. The van der Waals surface area contributed by atoms with Crippen molar-refractivity contribution < 1.29 is 32.6 Å². The molecule has 2 aromatic rings. The van der Waals surface area contributed by atoms with Crippen molar-refractivity contribution >= 4 is 39.4 Å². The third kappa shape index (κ3) is 6.19. The van der Waals surface area contributed by atoms with Crippen molar-refractivity contribution in [3.63, 3.8) is 0 Å². The minimum absolute atomic E-state index is 0.0132. The third-order valence-electron chi connectivity index (χ3n) is 4.04. The van der Waals surface area contributed by atoms with Crippen LogP contribution in [0, 0.1) is 0 Å². The van der Waals surface area contributed by atoms with Crippen LogP contribution in [0.4, 0.5) is 13.2 Å². The van der Waals surface area contributed by atoms with Crippen LogP contribution in [0.5, 0.6) is 0 Å². The Bertz CT molecular complexity index is 890. The number of halogens is 5. The van der Waals surface area contributed by atoms with Gasteiger partial charge in [0.25, 0.3) is 5.91 Å². The molecular weight excluding hydrogens is 479 g/mol. The minimum Gasteiger partial charge on any atom is -0.467 e. The summed E-state index contributed by atoms with van der Waals surface area (Å²) in [6, 6.07) is 7.26. The Morgan fingerprint density at radius 1 is 1.21 bits per heavy atom. The Labute approximate surface area is 177 Å². The molecule has 0 spiro atoms. The van der Waals surface area contributed by atoms with Gasteiger partial charge in [-0.2, -0.15) is 13.2 Å². The van der Waals surface area contributed by atoms with Gasteiger partial charge >= 0.3 is 12.1 Å². The molecule has 1 amide bonds. The average molecular weight is 495 g/mol. The number of nitrogens with one attached hydrogen (secondary N) is 1. The molecule has 0 saturated heterocycles. The number of amides is 1. The highest BCUT2D eigenvalue weighted by molar-refractivity contribution is 9.10. The van der Waals surface area contributed by atoms with E-state index >= 15 is 0 Å². The van der Waals surface area contributed by atoms with E-state index in [4.69, 9.17) is 11.6 Å². The summed E-state index contributed by atoms with van der Waals surface area (Å²) in [7, 11) is 1.14. The number of hydrogen-bond donors (Lipinski definition) is 2. The van der Waals surface area contributed by atoms with Crippen molar-refractivity contribution in [2.24, 2.45) is 0 Å². The number of ether oxygens (including phenoxy) is 1. The summed E-state index contributed by atoms with van der Waals surface area (Å²) in [5, 5.41) is 13.0. The predicted octanol–water partition coefficient (Wildman–Crippen LogP) is 4.06. The van der Waals surface area contributed by atoms with E-state index in [1.165, 1.54) is 0 Å². The van der Waals surface area contributed by atoms with Gasteiger partial charge in [0, 0.05) is 15.9 Å². The molecule has 0 aliphatic heterocycles. The van der Waals surface area contributed by atoms with Crippen LogP contribution in [0.25, 0.3) is 0 Å². The minimum atomic E-state index is -4.54. The summed E-state index contributed by atoms with van der Waals surface area (Å²) in [5.74, 6) is -1.72.